The minimum absolute atomic E-state index is 0.0123. The van der Waals surface area contributed by atoms with Crippen molar-refractivity contribution in [2.45, 2.75) is 25.1 Å². The first-order valence-electron chi connectivity index (χ1n) is 8.66. The normalized spacial score (nSPS) is 17.0. The zero-order valence-corrected chi connectivity index (χ0v) is 14.5. The largest absolute Gasteiger partial charge is 0.416 e. The van der Waals surface area contributed by atoms with Crippen LogP contribution in [0.2, 0.25) is 0 Å². The molecule has 1 fully saturated rings. The number of benzene rings is 2. The maximum atomic E-state index is 12.6. The van der Waals surface area contributed by atoms with Crippen molar-refractivity contribution in [3.8, 4) is 0 Å². The Bertz CT molecular complexity index is 804. The van der Waals surface area contributed by atoms with Gasteiger partial charge in [-0.1, -0.05) is 30.3 Å². The first kappa shape index (κ1) is 18.9. The Morgan fingerprint density at radius 1 is 1.04 bits per heavy atom. The van der Waals surface area contributed by atoms with Gasteiger partial charge in [0.05, 0.1) is 18.2 Å². The average molecular weight is 376 g/mol. The van der Waals surface area contributed by atoms with Crippen molar-refractivity contribution in [1.82, 2.24) is 10.2 Å². The summed E-state index contributed by atoms with van der Waals surface area (Å²) in [5, 5.41) is 2.49. The Morgan fingerprint density at radius 3 is 2.33 bits per heavy atom. The third-order valence-electron chi connectivity index (χ3n) is 4.63. The van der Waals surface area contributed by atoms with E-state index in [0.717, 1.165) is 42.7 Å². The van der Waals surface area contributed by atoms with Gasteiger partial charge in [0, 0.05) is 12.1 Å². The van der Waals surface area contributed by atoms with E-state index in [1.807, 2.05) is 30.3 Å². The zero-order valence-electron chi connectivity index (χ0n) is 14.5. The molecule has 1 unspecified atom stereocenters. The zero-order chi connectivity index (χ0) is 19.4. The third-order valence-corrected chi connectivity index (χ3v) is 4.63. The highest BCUT2D eigenvalue weighted by atomic mass is 19.4. The van der Waals surface area contributed by atoms with Gasteiger partial charge >= 0.3 is 6.18 Å². The van der Waals surface area contributed by atoms with E-state index >= 15 is 0 Å². The minimum Gasteiger partial charge on any atom is -0.343 e. The molecule has 0 spiro atoms. The lowest BCUT2D eigenvalue weighted by atomic mass is 10.0. The van der Waals surface area contributed by atoms with E-state index in [-0.39, 0.29) is 24.1 Å². The summed E-state index contributed by atoms with van der Waals surface area (Å²) in [6.07, 6.45) is -2.70. The monoisotopic (exact) mass is 376 g/mol. The van der Waals surface area contributed by atoms with Gasteiger partial charge in [-0.15, -0.1) is 0 Å². The molecule has 0 aromatic heterocycles. The van der Waals surface area contributed by atoms with Gasteiger partial charge in [0.15, 0.2) is 0 Å². The van der Waals surface area contributed by atoms with Crippen molar-refractivity contribution >= 4 is 11.8 Å². The van der Waals surface area contributed by atoms with Gasteiger partial charge in [-0.05, 0) is 42.7 Å². The second-order valence-electron chi connectivity index (χ2n) is 6.41. The number of carbonyl (C=O) groups excluding carboxylic acids is 2. The fraction of sp³-hybridized carbons (Fsp3) is 0.300. The maximum Gasteiger partial charge on any atom is 0.416 e. The van der Waals surface area contributed by atoms with E-state index in [2.05, 4.69) is 5.32 Å². The number of hydrogen-bond acceptors (Lipinski definition) is 2. The number of carbonyl (C=O) groups is 2. The van der Waals surface area contributed by atoms with Crippen LogP contribution < -0.4 is 5.32 Å². The molecule has 3 rings (SSSR count). The smallest absolute Gasteiger partial charge is 0.343 e. The molecule has 1 N–H and O–H groups in total. The van der Waals surface area contributed by atoms with Crippen LogP contribution in [0.1, 0.15) is 40.4 Å². The molecule has 1 aliphatic heterocycles. The molecule has 27 heavy (non-hydrogen) atoms. The summed E-state index contributed by atoms with van der Waals surface area (Å²) in [5.74, 6) is -0.783. The van der Waals surface area contributed by atoms with Crippen LogP contribution in [0, 0.1) is 0 Å². The summed E-state index contributed by atoms with van der Waals surface area (Å²) >= 11 is 0. The molecule has 1 saturated heterocycles. The SMILES string of the molecule is O=C(NCC(=O)N1CCCC1c1ccccc1)c1ccc(C(F)(F)F)cc1. The van der Waals surface area contributed by atoms with Crippen molar-refractivity contribution in [1.29, 1.82) is 0 Å². The van der Waals surface area contributed by atoms with Crippen LogP contribution in [0.15, 0.2) is 54.6 Å². The van der Waals surface area contributed by atoms with E-state index < -0.39 is 17.6 Å². The van der Waals surface area contributed by atoms with Crippen molar-refractivity contribution < 1.29 is 22.8 Å². The number of hydrogen-bond donors (Lipinski definition) is 1. The molecule has 1 heterocycles. The molecular formula is C20H19F3N2O2. The summed E-state index contributed by atoms with van der Waals surface area (Å²) < 4.78 is 37.7. The molecule has 1 atom stereocenters. The third kappa shape index (κ3) is 4.48. The molecule has 0 bridgehead atoms. The van der Waals surface area contributed by atoms with Crippen LogP contribution in [0.4, 0.5) is 13.2 Å². The highest BCUT2D eigenvalue weighted by Crippen LogP contribution is 2.31. The van der Waals surface area contributed by atoms with E-state index in [1.54, 1.807) is 4.90 Å². The van der Waals surface area contributed by atoms with E-state index in [1.165, 1.54) is 0 Å². The maximum absolute atomic E-state index is 12.6. The Labute approximate surface area is 155 Å². The number of nitrogens with one attached hydrogen (secondary N) is 1. The van der Waals surface area contributed by atoms with Crippen LogP contribution in [0.25, 0.3) is 0 Å². The Kier molecular flexibility index (Phi) is 5.48. The van der Waals surface area contributed by atoms with Gasteiger partial charge in [0.2, 0.25) is 5.91 Å². The predicted molar refractivity (Wildman–Crippen MR) is 93.9 cm³/mol. The first-order valence-corrected chi connectivity index (χ1v) is 8.66. The first-order chi connectivity index (χ1) is 12.9. The quantitative estimate of drug-likeness (QED) is 0.883. The fourth-order valence-corrected chi connectivity index (χ4v) is 3.26. The second kappa shape index (κ2) is 7.82. The second-order valence-corrected chi connectivity index (χ2v) is 6.41. The van der Waals surface area contributed by atoms with Crippen molar-refractivity contribution in [3.63, 3.8) is 0 Å². The van der Waals surface area contributed by atoms with Gasteiger partial charge in [-0.25, -0.2) is 0 Å². The number of rotatable bonds is 4. The van der Waals surface area contributed by atoms with Gasteiger partial charge in [-0.3, -0.25) is 9.59 Å². The van der Waals surface area contributed by atoms with Crippen LogP contribution in [-0.2, 0) is 11.0 Å². The van der Waals surface area contributed by atoms with Gasteiger partial charge < -0.3 is 10.2 Å². The molecular weight excluding hydrogens is 357 g/mol. The summed E-state index contributed by atoms with van der Waals surface area (Å²) in [6, 6.07) is 13.6. The average Bonchev–Trinajstić information content (AvgIpc) is 3.16. The molecule has 4 nitrogen and oxygen atoms in total. The number of amides is 2. The molecule has 0 radical (unpaired) electrons. The Hall–Kier alpha value is -2.83. The molecule has 7 heteroatoms. The Morgan fingerprint density at radius 2 is 1.70 bits per heavy atom. The van der Waals surface area contributed by atoms with Crippen molar-refractivity contribution in [2.24, 2.45) is 0 Å². The number of halogens is 3. The van der Waals surface area contributed by atoms with Crippen LogP contribution in [-0.4, -0.2) is 29.8 Å². The van der Waals surface area contributed by atoms with Crippen LogP contribution in [0.5, 0.6) is 0 Å². The number of nitrogens with zero attached hydrogens (tertiary/aromatic N) is 1. The molecule has 2 amide bonds. The highest BCUT2D eigenvalue weighted by Gasteiger charge is 2.31. The summed E-state index contributed by atoms with van der Waals surface area (Å²) in [7, 11) is 0. The molecule has 2 aromatic carbocycles. The number of likely N-dealkylation sites (tertiary alicyclic amines) is 1. The summed E-state index contributed by atoms with van der Waals surface area (Å²) in [4.78, 5) is 26.4. The topological polar surface area (TPSA) is 49.4 Å². The molecule has 2 aromatic rings. The molecule has 1 aliphatic rings. The predicted octanol–water partition coefficient (Wildman–Crippen LogP) is 3.80. The minimum atomic E-state index is -4.45. The fourth-order valence-electron chi connectivity index (χ4n) is 3.26. The molecule has 0 saturated carbocycles. The van der Waals surface area contributed by atoms with Gasteiger partial charge in [0.25, 0.3) is 5.91 Å². The summed E-state index contributed by atoms with van der Waals surface area (Å²) in [6.45, 7) is 0.428. The lowest BCUT2D eigenvalue weighted by molar-refractivity contribution is -0.137. The standard InChI is InChI=1S/C20H19F3N2O2/c21-20(22,23)16-10-8-15(9-11-16)19(27)24-13-18(26)25-12-4-7-17(25)14-5-2-1-3-6-14/h1-3,5-6,8-11,17H,4,7,12-13H2,(H,24,27). The molecule has 142 valence electrons. The Balaban J connectivity index is 1.59. The molecule has 0 aliphatic carbocycles. The number of alkyl halides is 3. The lowest BCUT2D eigenvalue weighted by Crippen LogP contribution is -2.39. The van der Waals surface area contributed by atoms with Crippen LogP contribution >= 0.6 is 0 Å². The van der Waals surface area contributed by atoms with E-state index in [4.69, 9.17) is 0 Å². The lowest BCUT2D eigenvalue weighted by Gasteiger charge is -2.25. The van der Waals surface area contributed by atoms with E-state index in [9.17, 15) is 22.8 Å². The van der Waals surface area contributed by atoms with E-state index in [0.29, 0.717) is 6.54 Å². The highest BCUT2D eigenvalue weighted by molar-refractivity contribution is 5.96. The summed E-state index contributed by atoms with van der Waals surface area (Å²) in [5.41, 5.74) is 0.312. The van der Waals surface area contributed by atoms with Gasteiger partial charge in [-0.2, -0.15) is 13.2 Å². The van der Waals surface area contributed by atoms with Crippen molar-refractivity contribution in [3.05, 3.63) is 71.3 Å². The van der Waals surface area contributed by atoms with Crippen LogP contribution in [0.3, 0.4) is 0 Å². The van der Waals surface area contributed by atoms with Crippen molar-refractivity contribution in [2.75, 3.05) is 13.1 Å². The van der Waals surface area contributed by atoms with Gasteiger partial charge in [0.1, 0.15) is 0 Å².